The number of benzene rings is 1. The van der Waals surface area contributed by atoms with Crippen LogP contribution in [-0.2, 0) is 17.5 Å². The van der Waals surface area contributed by atoms with Gasteiger partial charge in [-0.1, -0.05) is 0 Å². The van der Waals surface area contributed by atoms with Crippen LogP contribution in [0.1, 0.15) is 27.7 Å². The fourth-order valence-electron chi connectivity index (χ4n) is 2.63. The summed E-state index contributed by atoms with van der Waals surface area (Å²) in [6, 6.07) is 5.92. The summed E-state index contributed by atoms with van der Waals surface area (Å²) >= 11 is 4.81. The lowest BCUT2D eigenvalue weighted by Gasteiger charge is -2.14. The second kappa shape index (κ2) is 9.77. The van der Waals surface area contributed by atoms with E-state index in [-0.39, 0.29) is 34.4 Å². The SMILES string of the molecule is COC(=O)c1ccc(COc2c(OC)cc(C=Nn3c(C(F)(F)F)n[nH]c3=S)cc2OC)o1. The molecule has 0 atom stereocenters. The number of halogens is 3. The van der Waals surface area contributed by atoms with Gasteiger partial charge in [0.15, 0.2) is 11.5 Å². The summed E-state index contributed by atoms with van der Waals surface area (Å²) in [6.45, 7) is -0.0731. The molecular weight excluding hydrogens is 469 g/mol. The molecule has 0 aliphatic carbocycles. The number of rotatable bonds is 8. The average Bonchev–Trinajstić information content (AvgIpc) is 3.41. The third-order valence-electron chi connectivity index (χ3n) is 4.12. The molecule has 0 spiro atoms. The first-order valence-corrected chi connectivity index (χ1v) is 9.43. The highest BCUT2D eigenvalue weighted by Gasteiger charge is 2.37. The van der Waals surface area contributed by atoms with Crippen LogP contribution in [0.25, 0.3) is 0 Å². The molecule has 1 N–H and O–H groups in total. The smallest absolute Gasteiger partial charge is 0.453 e. The Morgan fingerprint density at radius 1 is 1.24 bits per heavy atom. The van der Waals surface area contributed by atoms with E-state index in [1.807, 2.05) is 0 Å². The number of methoxy groups -OCH3 is 3. The molecule has 0 aliphatic rings. The maximum absolute atomic E-state index is 13.1. The van der Waals surface area contributed by atoms with Crippen LogP contribution < -0.4 is 14.2 Å². The van der Waals surface area contributed by atoms with Gasteiger partial charge in [-0.3, -0.25) is 0 Å². The van der Waals surface area contributed by atoms with E-state index in [9.17, 15) is 18.0 Å². The van der Waals surface area contributed by atoms with Gasteiger partial charge in [0.25, 0.3) is 5.82 Å². The number of ether oxygens (including phenoxy) is 4. The number of alkyl halides is 3. The van der Waals surface area contributed by atoms with Gasteiger partial charge in [0, 0.05) is 5.56 Å². The average molecular weight is 486 g/mol. The highest BCUT2D eigenvalue weighted by atomic mass is 32.1. The van der Waals surface area contributed by atoms with E-state index in [0.717, 1.165) is 6.21 Å². The zero-order valence-electron chi connectivity index (χ0n) is 17.4. The standard InChI is InChI=1S/C19H17F3N4O6S/c1-28-13-6-10(8-23-26-17(19(20,21)22)24-25-18(26)33)7-14(29-2)15(13)31-9-11-4-5-12(32-11)16(27)30-3/h4-8H,9H2,1-3H3,(H,25,33). The van der Waals surface area contributed by atoms with Crippen molar-refractivity contribution < 1.29 is 41.3 Å². The topological polar surface area (TPSA) is 113 Å². The van der Waals surface area contributed by atoms with Gasteiger partial charge in [0.2, 0.25) is 16.3 Å². The second-order valence-corrected chi connectivity index (χ2v) is 6.59. The van der Waals surface area contributed by atoms with Crippen LogP contribution in [0, 0.1) is 4.77 Å². The molecule has 2 heterocycles. The molecule has 14 heteroatoms. The van der Waals surface area contributed by atoms with Crippen LogP contribution in [-0.4, -0.2) is 48.4 Å². The second-order valence-electron chi connectivity index (χ2n) is 6.21. The summed E-state index contributed by atoms with van der Waals surface area (Å²) in [5, 5.41) is 8.97. The predicted octanol–water partition coefficient (Wildman–Crippen LogP) is 3.82. The lowest BCUT2D eigenvalue weighted by molar-refractivity contribution is -0.147. The molecule has 0 bridgehead atoms. The van der Waals surface area contributed by atoms with Crippen molar-refractivity contribution in [3.8, 4) is 17.2 Å². The van der Waals surface area contributed by atoms with Crippen LogP contribution >= 0.6 is 12.2 Å². The van der Waals surface area contributed by atoms with Crippen molar-refractivity contribution >= 4 is 24.4 Å². The van der Waals surface area contributed by atoms with Crippen molar-refractivity contribution in [2.75, 3.05) is 21.3 Å². The van der Waals surface area contributed by atoms with Gasteiger partial charge in [0.05, 0.1) is 27.5 Å². The number of aromatic nitrogens is 3. The third-order valence-corrected chi connectivity index (χ3v) is 4.38. The predicted molar refractivity (Wildman–Crippen MR) is 109 cm³/mol. The third kappa shape index (κ3) is 5.34. The summed E-state index contributed by atoms with van der Waals surface area (Å²) < 4.78 is 65.6. The first-order valence-electron chi connectivity index (χ1n) is 9.02. The van der Waals surface area contributed by atoms with Gasteiger partial charge >= 0.3 is 12.1 Å². The summed E-state index contributed by atoms with van der Waals surface area (Å²) in [6.07, 6.45) is -3.62. The number of carbonyl (C=O) groups excluding carboxylic acids is 1. The number of aromatic amines is 1. The number of hydrogen-bond donors (Lipinski definition) is 1. The first kappa shape index (κ1) is 23.8. The molecule has 33 heavy (non-hydrogen) atoms. The number of furan rings is 1. The molecule has 0 fully saturated rings. The zero-order valence-corrected chi connectivity index (χ0v) is 18.2. The van der Waals surface area contributed by atoms with E-state index in [4.69, 9.17) is 30.8 Å². The van der Waals surface area contributed by atoms with E-state index < -0.39 is 18.0 Å². The van der Waals surface area contributed by atoms with E-state index >= 15 is 0 Å². The number of esters is 1. The minimum absolute atomic E-state index is 0.0117. The minimum Gasteiger partial charge on any atom is -0.493 e. The fourth-order valence-corrected chi connectivity index (χ4v) is 2.81. The number of nitrogens with zero attached hydrogens (tertiary/aromatic N) is 3. The van der Waals surface area contributed by atoms with E-state index in [2.05, 4.69) is 20.0 Å². The summed E-state index contributed by atoms with van der Waals surface area (Å²) in [5.74, 6) is -0.968. The van der Waals surface area contributed by atoms with Crippen LogP contribution in [0.4, 0.5) is 13.2 Å². The molecule has 0 saturated carbocycles. The van der Waals surface area contributed by atoms with Crippen molar-refractivity contribution in [2.45, 2.75) is 12.8 Å². The quantitative estimate of drug-likeness (QED) is 0.291. The molecule has 2 aromatic heterocycles. The summed E-state index contributed by atoms with van der Waals surface area (Å²) in [4.78, 5) is 11.5. The van der Waals surface area contributed by atoms with Crippen molar-refractivity contribution in [1.29, 1.82) is 0 Å². The van der Waals surface area contributed by atoms with Gasteiger partial charge < -0.3 is 23.4 Å². The highest BCUT2D eigenvalue weighted by Crippen LogP contribution is 2.39. The molecule has 0 aliphatic heterocycles. The van der Waals surface area contributed by atoms with Gasteiger partial charge in [-0.25, -0.2) is 9.89 Å². The molecule has 3 aromatic rings. The lowest BCUT2D eigenvalue weighted by Crippen LogP contribution is -2.12. The Morgan fingerprint density at radius 3 is 2.48 bits per heavy atom. The Bertz CT molecular complexity index is 1210. The maximum Gasteiger partial charge on any atom is 0.453 e. The molecule has 3 rings (SSSR count). The molecular formula is C19H17F3N4O6S. The Hall–Kier alpha value is -3.81. The monoisotopic (exact) mass is 486 g/mol. The summed E-state index contributed by atoms with van der Waals surface area (Å²) in [5.41, 5.74) is 0.332. The molecule has 1 aromatic carbocycles. The maximum atomic E-state index is 13.1. The van der Waals surface area contributed by atoms with Crippen molar-refractivity contribution in [3.63, 3.8) is 0 Å². The molecule has 0 saturated heterocycles. The normalized spacial score (nSPS) is 11.6. The van der Waals surface area contributed by atoms with Gasteiger partial charge in [-0.2, -0.15) is 22.9 Å². The number of nitrogens with one attached hydrogen (secondary N) is 1. The van der Waals surface area contributed by atoms with Gasteiger partial charge in [-0.15, -0.1) is 5.10 Å². The largest absolute Gasteiger partial charge is 0.493 e. The van der Waals surface area contributed by atoms with Crippen molar-refractivity contribution in [2.24, 2.45) is 5.10 Å². The number of H-pyrrole nitrogens is 1. The molecule has 0 amide bonds. The Kier molecular flexibility index (Phi) is 7.06. The molecule has 0 unspecified atom stereocenters. The van der Waals surface area contributed by atoms with Crippen LogP contribution in [0.3, 0.4) is 0 Å². The van der Waals surface area contributed by atoms with Crippen LogP contribution in [0.5, 0.6) is 17.2 Å². The molecule has 176 valence electrons. The lowest BCUT2D eigenvalue weighted by atomic mass is 10.2. The molecule has 0 radical (unpaired) electrons. The van der Waals surface area contributed by atoms with E-state index in [1.54, 1.807) is 6.07 Å². The van der Waals surface area contributed by atoms with Gasteiger partial charge in [-0.05, 0) is 36.5 Å². The van der Waals surface area contributed by atoms with Crippen molar-refractivity contribution in [3.05, 3.63) is 51.9 Å². The Morgan fingerprint density at radius 2 is 1.91 bits per heavy atom. The van der Waals surface area contributed by atoms with Crippen LogP contribution in [0.15, 0.2) is 33.8 Å². The van der Waals surface area contributed by atoms with E-state index in [0.29, 0.717) is 16.0 Å². The Balaban J connectivity index is 1.87. The highest BCUT2D eigenvalue weighted by molar-refractivity contribution is 7.71. The summed E-state index contributed by atoms with van der Waals surface area (Å²) in [7, 11) is 3.98. The number of hydrogen-bond acceptors (Lipinski definition) is 9. The molecule has 10 nitrogen and oxygen atoms in total. The van der Waals surface area contributed by atoms with Crippen molar-refractivity contribution in [1.82, 2.24) is 14.9 Å². The minimum atomic E-state index is -4.75. The van der Waals surface area contributed by atoms with Crippen LogP contribution in [0.2, 0.25) is 0 Å². The Labute approximate surface area is 189 Å². The van der Waals surface area contributed by atoms with E-state index in [1.165, 1.54) is 39.5 Å². The number of carbonyl (C=O) groups is 1. The zero-order chi connectivity index (χ0) is 24.2. The fraction of sp³-hybridized carbons (Fsp3) is 0.263. The first-order chi connectivity index (χ1) is 15.7. The van der Waals surface area contributed by atoms with Gasteiger partial charge in [0.1, 0.15) is 12.4 Å².